The lowest BCUT2D eigenvalue weighted by Gasteiger charge is -2.40. The maximum Gasteiger partial charge on any atom is 0.410 e. The number of hydrogen-bond acceptors (Lipinski definition) is 4. The lowest BCUT2D eigenvalue weighted by atomic mass is 9.97. The van der Waals surface area contributed by atoms with E-state index < -0.39 is 17.7 Å². The molecule has 0 radical (unpaired) electrons. The predicted octanol–water partition coefficient (Wildman–Crippen LogP) is 3.25. The number of nitrogens with zero attached hydrogens (tertiary/aromatic N) is 3. The summed E-state index contributed by atoms with van der Waals surface area (Å²) in [5, 5.41) is 14.0. The molecule has 7 heteroatoms. The maximum absolute atomic E-state index is 12.3. The van der Waals surface area contributed by atoms with Gasteiger partial charge in [-0.25, -0.2) is 14.3 Å². The molecule has 1 aliphatic heterocycles. The highest BCUT2D eigenvalue weighted by molar-refractivity contribution is 5.89. The van der Waals surface area contributed by atoms with Crippen molar-refractivity contribution in [3.63, 3.8) is 0 Å². The molecule has 1 fully saturated rings. The second-order valence-electron chi connectivity index (χ2n) is 6.99. The fourth-order valence-corrected chi connectivity index (χ4v) is 2.72. The van der Waals surface area contributed by atoms with Crippen LogP contribution in [0.5, 0.6) is 0 Å². The van der Waals surface area contributed by atoms with E-state index in [1.807, 2.05) is 30.3 Å². The van der Waals surface area contributed by atoms with Gasteiger partial charge in [0.05, 0.1) is 11.7 Å². The van der Waals surface area contributed by atoms with E-state index in [2.05, 4.69) is 5.10 Å². The molecule has 1 N–H and O–H groups in total. The average molecular weight is 343 g/mol. The summed E-state index contributed by atoms with van der Waals surface area (Å²) >= 11 is 0. The number of aromatic carboxylic acids is 1. The van der Waals surface area contributed by atoms with Gasteiger partial charge in [0.25, 0.3) is 0 Å². The third kappa shape index (κ3) is 3.50. The number of benzene rings is 1. The van der Waals surface area contributed by atoms with Crippen molar-refractivity contribution in [2.45, 2.75) is 38.8 Å². The van der Waals surface area contributed by atoms with Gasteiger partial charge in [-0.1, -0.05) is 18.2 Å². The summed E-state index contributed by atoms with van der Waals surface area (Å²) in [4.78, 5) is 25.5. The molecule has 1 aromatic heterocycles. The number of carboxylic acids is 1. The van der Waals surface area contributed by atoms with Crippen LogP contribution in [0, 0.1) is 0 Å². The van der Waals surface area contributed by atoms with Crippen molar-refractivity contribution in [1.29, 1.82) is 0 Å². The minimum atomic E-state index is -1.06. The Hall–Kier alpha value is -2.83. The molecule has 2 aromatic rings. The van der Waals surface area contributed by atoms with Gasteiger partial charge in [-0.15, -0.1) is 0 Å². The van der Waals surface area contributed by atoms with Crippen LogP contribution in [0.1, 0.15) is 49.3 Å². The van der Waals surface area contributed by atoms with E-state index in [0.717, 1.165) is 5.69 Å². The molecule has 1 aliphatic rings. The van der Waals surface area contributed by atoms with Gasteiger partial charge in [0.2, 0.25) is 0 Å². The van der Waals surface area contributed by atoms with Gasteiger partial charge in [-0.2, -0.15) is 5.10 Å². The van der Waals surface area contributed by atoms with Crippen LogP contribution in [0.25, 0.3) is 5.69 Å². The second-order valence-corrected chi connectivity index (χ2v) is 6.99. The first-order chi connectivity index (χ1) is 11.8. The number of para-hydroxylation sites is 1. The van der Waals surface area contributed by atoms with Crippen LogP contribution in [0.15, 0.2) is 36.5 Å². The number of rotatable bonds is 3. The van der Waals surface area contributed by atoms with Crippen LogP contribution in [0.3, 0.4) is 0 Å². The van der Waals surface area contributed by atoms with Crippen LogP contribution in [-0.4, -0.2) is 44.0 Å². The minimum absolute atomic E-state index is 0.0992. The Bertz CT molecular complexity index is 792. The van der Waals surface area contributed by atoms with Gasteiger partial charge in [-0.3, -0.25) is 4.90 Å². The molecule has 1 saturated heterocycles. The van der Waals surface area contributed by atoms with Gasteiger partial charge in [0.15, 0.2) is 0 Å². The molecular weight excluding hydrogens is 322 g/mol. The number of carboxylic acid groups (broad SMARTS) is 1. The summed E-state index contributed by atoms with van der Waals surface area (Å²) in [6, 6.07) is 8.89. The van der Waals surface area contributed by atoms with Crippen LogP contribution in [0.4, 0.5) is 4.79 Å². The summed E-state index contributed by atoms with van der Waals surface area (Å²) in [5.74, 6) is -1.06. The molecule has 2 heterocycles. The standard InChI is InChI=1S/C18H21N3O4/c1-18(2,3)25-17(24)20-10-9-14(20)15-13(16(22)23)11-21(19-15)12-7-5-4-6-8-12/h4-8,11,14H,9-10H2,1-3H3,(H,22,23). The number of hydrogen-bond donors (Lipinski definition) is 1. The molecule has 7 nitrogen and oxygen atoms in total. The SMILES string of the molecule is CC(C)(C)OC(=O)N1CCC1c1nn(-c2ccccc2)cc1C(=O)O. The number of amides is 1. The summed E-state index contributed by atoms with van der Waals surface area (Å²) in [7, 11) is 0. The van der Waals surface area contributed by atoms with Crippen molar-refractivity contribution in [2.24, 2.45) is 0 Å². The molecule has 0 bridgehead atoms. The van der Waals surface area contributed by atoms with Gasteiger partial charge < -0.3 is 9.84 Å². The lowest BCUT2D eigenvalue weighted by Crippen LogP contribution is -2.47. The normalized spacial score (nSPS) is 17.1. The van der Waals surface area contributed by atoms with Crippen molar-refractivity contribution in [3.05, 3.63) is 47.8 Å². The zero-order chi connectivity index (χ0) is 18.2. The highest BCUT2D eigenvalue weighted by Crippen LogP contribution is 2.35. The van der Waals surface area contributed by atoms with Gasteiger partial charge in [0.1, 0.15) is 16.9 Å². The van der Waals surface area contributed by atoms with Crippen molar-refractivity contribution < 1.29 is 19.4 Å². The van der Waals surface area contributed by atoms with E-state index in [0.29, 0.717) is 18.7 Å². The first-order valence-electron chi connectivity index (χ1n) is 8.14. The highest BCUT2D eigenvalue weighted by atomic mass is 16.6. The van der Waals surface area contributed by atoms with E-state index in [9.17, 15) is 14.7 Å². The highest BCUT2D eigenvalue weighted by Gasteiger charge is 2.40. The Morgan fingerprint density at radius 3 is 2.44 bits per heavy atom. The molecule has 0 aliphatic carbocycles. The van der Waals surface area contributed by atoms with E-state index >= 15 is 0 Å². The van der Waals surface area contributed by atoms with Crippen LogP contribution in [0.2, 0.25) is 0 Å². The molecule has 0 saturated carbocycles. The molecule has 25 heavy (non-hydrogen) atoms. The largest absolute Gasteiger partial charge is 0.478 e. The number of likely N-dealkylation sites (tertiary alicyclic amines) is 1. The number of aromatic nitrogens is 2. The van der Waals surface area contributed by atoms with Crippen molar-refractivity contribution in [1.82, 2.24) is 14.7 Å². The Morgan fingerprint density at radius 2 is 1.92 bits per heavy atom. The van der Waals surface area contributed by atoms with Crippen molar-refractivity contribution >= 4 is 12.1 Å². The zero-order valence-electron chi connectivity index (χ0n) is 14.5. The number of ether oxygens (including phenoxy) is 1. The fraction of sp³-hybridized carbons (Fsp3) is 0.389. The van der Waals surface area contributed by atoms with Crippen LogP contribution >= 0.6 is 0 Å². The van der Waals surface area contributed by atoms with Gasteiger partial charge in [-0.05, 0) is 39.3 Å². The minimum Gasteiger partial charge on any atom is -0.478 e. The van der Waals surface area contributed by atoms with E-state index in [-0.39, 0.29) is 11.6 Å². The molecule has 132 valence electrons. The molecule has 1 aromatic carbocycles. The fourth-order valence-electron chi connectivity index (χ4n) is 2.72. The summed E-state index contributed by atoms with van der Waals surface area (Å²) in [6.45, 7) is 5.92. The quantitative estimate of drug-likeness (QED) is 0.925. The molecule has 1 atom stereocenters. The van der Waals surface area contributed by atoms with Crippen molar-refractivity contribution in [3.8, 4) is 5.69 Å². The van der Waals surface area contributed by atoms with Gasteiger partial charge >= 0.3 is 12.1 Å². The van der Waals surface area contributed by atoms with Crippen LogP contribution in [-0.2, 0) is 4.74 Å². The van der Waals surface area contributed by atoms with E-state index in [1.165, 1.54) is 15.8 Å². The predicted molar refractivity (Wildman–Crippen MR) is 90.8 cm³/mol. The molecule has 0 spiro atoms. The zero-order valence-corrected chi connectivity index (χ0v) is 14.5. The number of carbonyl (C=O) groups is 2. The number of carbonyl (C=O) groups excluding carboxylic acids is 1. The smallest absolute Gasteiger partial charge is 0.410 e. The maximum atomic E-state index is 12.3. The topological polar surface area (TPSA) is 84.7 Å². The third-order valence-electron chi connectivity index (χ3n) is 3.96. The Labute approximate surface area is 145 Å². The first-order valence-corrected chi connectivity index (χ1v) is 8.14. The van der Waals surface area contributed by atoms with E-state index in [4.69, 9.17) is 4.74 Å². The van der Waals surface area contributed by atoms with Crippen molar-refractivity contribution in [2.75, 3.05) is 6.54 Å². The Kier molecular flexibility index (Phi) is 4.24. The van der Waals surface area contributed by atoms with E-state index in [1.54, 1.807) is 20.8 Å². The Balaban J connectivity index is 1.90. The average Bonchev–Trinajstić information content (AvgIpc) is 2.90. The molecule has 1 amide bonds. The summed E-state index contributed by atoms with van der Waals surface area (Å²) < 4.78 is 6.92. The monoisotopic (exact) mass is 343 g/mol. The lowest BCUT2D eigenvalue weighted by molar-refractivity contribution is -0.00690. The summed E-state index contributed by atoms with van der Waals surface area (Å²) in [5.41, 5.74) is 0.644. The molecule has 1 unspecified atom stereocenters. The summed E-state index contributed by atoms with van der Waals surface area (Å²) in [6.07, 6.45) is 1.69. The first kappa shape index (κ1) is 17.0. The molecule has 3 rings (SSSR count). The Morgan fingerprint density at radius 1 is 1.24 bits per heavy atom. The second kappa shape index (κ2) is 6.23. The molecular formula is C18H21N3O4. The van der Waals surface area contributed by atoms with Gasteiger partial charge in [0, 0.05) is 12.7 Å². The third-order valence-corrected chi connectivity index (χ3v) is 3.96. The van der Waals surface area contributed by atoms with Crippen LogP contribution < -0.4 is 0 Å².